The summed E-state index contributed by atoms with van der Waals surface area (Å²) in [6, 6.07) is 9.95. The summed E-state index contributed by atoms with van der Waals surface area (Å²) in [5, 5.41) is 16.1. The highest BCUT2D eigenvalue weighted by molar-refractivity contribution is 5.96. The van der Waals surface area contributed by atoms with E-state index in [1.54, 1.807) is 26.1 Å². The molecular weight excluding hydrogens is 355 g/mol. The third-order valence-corrected chi connectivity index (χ3v) is 3.65. The lowest BCUT2D eigenvalue weighted by Crippen LogP contribution is -2.36. The van der Waals surface area contributed by atoms with Gasteiger partial charge in [-0.15, -0.1) is 0 Å². The number of hydrogen-bond donors (Lipinski definition) is 2. The molecule has 0 spiro atoms. The average Bonchev–Trinajstić information content (AvgIpc) is 2.56. The van der Waals surface area contributed by atoms with Crippen LogP contribution >= 0.6 is 0 Å². The van der Waals surface area contributed by atoms with E-state index in [1.165, 1.54) is 35.2 Å². The van der Waals surface area contributed by atoms with E-state index in [9.17, 15) is 24.1 Å². The molecule has 142 valence electrons. The highest BCUT2D eigenvalue weighted by atomic mass is 19.1. The van der Waals surface area contributed by atoms with Gasteiger partial charge in [0.1, 0.15) is 11.5 Å². The van der Waals surface area contributed by atoms with Crippen molar-refractivity contribution >= 4 is 28.9 Å². The van der Waals surface area contributed by atoms with Crippen LogP contribution in [0.25, 0.3) is 0 Å². The van der Waals surface area contributed by atoms with Crippen LogP contribution in [0.2, 0.25) is 0 Å². The van der Waals surface area contributed by atoms with E-state index in [1.807, 2.05) is 0 Å². The molecule has 2 aromatic rings. The third-order valence-electron chi connectivity index (χ3n) is 3.65. The molecule has 0 aromatic heterocycles. The maximum Gasteiger partial charge on any atom is 0.293 e. The monoisotopic (exact) mass is 374 g/mol. The molecule has 0 radical (unpaired) electrons. The molecule has 0 fully saturated rings. The van der Waals surface area contributed by atoms with Gasteiger partial charge in [0.15, 0.2) is 0 Å². The quantitative estimate of drug-likeness (QED) is 0.572. The Hall–Kier alpha value is -3.33. The number of nitro benzene ring substituents is 1. The summed E-state index contributed by atoms with van der Waals surface area (Å²) in [4.78, 5) is 36.1. The van der Waals surface area contributed by atoms with Gasteiger partial charge in [-0.3, -0.25) is 24.6 Å². The second-order valence-corrected chi connectivity index (χ2v) is 6.01. The zero-order valence-electron chi connectivity index (χ0n) is 14.9. The van der Waals surface area contributed by atoms with Gasteiger partial charge in [0.2, 0.25) is 11.8 Å². The molecule has 0 unspecified atom stereocenters. The van der Waals surface area contributed by atoms with Crippen LogP contribution in [0.1, 0.15) is 5.56 Å². The molecule has 0 aliphatic heterocycles. The van der Waals surface area contributed by atoms with Crippen molar-refractivity contribution in [3.63, 3.8) is 0 Å². The van der Waals surface area contributed by atoms with Crippen LogP contribution in [-0.4, -0.2) is 41.8 Å². The maximum absolute atomic E-state index is 13.1. The first-order valence-electron chi connectivity index (χ1n) is 8.04. The number of nitro groups is 1. The largest absolute Gasteiger partial charge is 0.325 e. The molecule has 0 heterocycles. The Bertz CT molecular complexity index is 872. The van der Waals surface area contributed by atoms with Gasteiger partial charge >= 0.3 is 0 Å². The predicted molar refractivity (Wildman–Crippen MR) is 99.0 cm³/mol. The van der Waals surface area contributed by atoms with Crippen LogP contribution in [0, 0.1) is 22.9 Å². The first kappa shape index (κ1) is 20.0. The summed E-state index contributed by atoms with van der Waals surface area (Å²) in [5.41, 5.74) is 0.803. The van der Waals surface area contributed by atoms with Gasteiger partial charge < -0.3 is 10.6 Å². The van der Waals surface area contributed by atoms with Crippen LogP contribution in [0.3, 0.4) is 0 Å². The van der Waals surface area contributed by atoms with Crippen LogP contribution in [0.4, 0.5) is 21.5 Å². The molecule has 0 bridgehead atoms. The minimum atomic E-state index is -0.571. The minimum absolute atomic E-state index is 0.111. The molecule has 2 aromatic carbocycles. The fourth-order valence-corrected chi connectivity index (χ4v) is 2.46. The molecule has 2 N–H and O–H groups in total. The third kappa shape index (κ3) is 5.86. The first-order valence-corrected chi connectivity index (χ1v) is 8.04. The molecular formula is C18H19FN4O4. The Labute approximate surface area is 155 Å². The summed E-state index contributed by atoms with van der Waals surface area (Å²) >= 11 is 0. The normalized spacial score (nSPS) is 10.5. The number of para-hydroxylation sites is 1. The van der Waals surface area contributed by atoms with Crippen LogP contribution in [-0.2, 0) is 9.59 Å². The molecule has 0 saturated carbocycles. The number of hydrogen-bond acceptors (Lipinski definition) is 5. The number of anilines is 2. The van der Waals surface area contributed by atoms with Crippen LogP contribution in [0.5, 0.6) is 0 Å². The fraction of sp³-hybridized carbons (Fsp3) is 0.222. The number of carbonyl (C=O) groups excluding carboxylic acids is 2. The zero-order valence-corrected chi connectivity index (χ0v) is 14.9. The molecule has 0 aliphatic rings. The number of nitrogens with one attached hydrogen (secondary N) is 2. The van der Waals surface area contributed by atoms with Crippen molar-refractivity contribution in [2.24, 2.45) is 0 Å². The van der Waals surface area contributed by atoms with E-state index in [0.29, 0.717) is 11.3 Å². The van der Waals surface area contributed by atoms with Crippen molar-refractivity contribution in [3.05, 3.63) is 64.0 Å². The highest BCUT2D eigenvalue weighted by Gasteiger charge is 2.19. The number of amides is 2. The van der Waals surface area contributed by atoms with Gasteiger partial charge in [0.25, 0.3) is 5.69 Å². The van der Waals surface area contributed by atoms with Gasteiger partial charge in [-0.2, -0.15) is 0 Å². The lowest BCUT2D eigenvalue weighted by molar-refractivity contribution is -0.384. The van der Waals surface area contributed by atoms with Gasteiger partial charge in [-0.05, 0) is 37.7 Å². The molecule has 2 rings (SSSR count). The predicted octanol–water partition coefficient (Wildman–Crippen LogP) is 2.55. The molecule has 0 atom stereocenters. The van der Waals surface area contributed by atoms with E-state index in [-0.39, 0.29) is 24.5 Å². The van der Waals surface area contributed by atoms with Crippen molar-refractivity contribution in [2.45, 2.75) is 6.92 Å². The lowest BCUT2D eigenvalue weighted by atomic mass is 10.1. The smallest absolute Gasteiger partial charge is 0.293 e. The number of aryl methyl sites for hydroxylation is 1. The highest BCUT2D eigenvalue weighted by Crippen LogP contribution is 2.27. The van der Waals surface area contributed by atoms with Gasteiger partial charge in [-0.1, -0.05) is 18.2 Å². The molecule has 27 heavy (non-hydrogen) atoms. The fourth-order valence-electron chi connectivity index (χ4n) is 2.46. The zero-order chi connectivity index (χ0) is 20.0. The number of nitrogens with zero attached hydrogens (tertiary/aromatic N) is 2. The van der Waals surface area contributed by atoms with Crippen LogP contribution < -0.4 is 10.6 Å². The average molecular weight is 374 g/mol. The standard InChI is InChI=1S/C18H19FN4O4/c1-12-5-3-8-15(23(26)27)18(12)21-17(25)11-22(2)10-16(24)20-14-7-4-6-13(19)9-14/h3-9H,10-11H2,1-2H3,(H,20,24)(H,21,25). The number of benzene rings is 2. The molecule has 8 nitrogen and oxygen atoms in total. The Balaban J connectivity index is 1.92. The second-order valence-electron chi connectivity index (χ2n) is 6.01. The van der Waals surface area contributed by atoms with Crippen molar-refractivity contribution in [3.8, 4) is 0 Å². The van der Waals surface area contributed by atoms with Crippen molar-refractivity contribution in [2.75, 3.05) is 30.8 Å². The SMILES string of the molecule is Cc1cccc([N+](=O)[O-])c1NC(=O)CN(C)CC(=O)Nc1cccc(F)c1. The van der Waals surface area contributed by atoms with E-state index < -0.39 is 22.6 Å². The van der Waals surface area contributed by atoms with E-state index >= 15 is 0 Å². The van der Waals surface area contributed by atoms with E-state index in [4.69, 9.17) is 0 Å². The lowest BCUT2D eigenvalue weighted by Gasteiger charge is -2.16. The number of halogens is 1. The summed E-state index contributed by atoms with van der Waals surface area (Å²) in [6.45, 7) is 1.39. The van der Waals surface area contributed by atoms with Crippen molar-refractivity contribution in [1.29, 1.82) is 0 Å². The van der Waals surface area contributed by atoms with Gasteiger partial charge in [0, 0.05) is 11.8 Å². The molecule has 0 aliphatic carbocycles. The van der Waals surface area contributed by atoms with E-state index in [0.717, 1.165) is 0 Å². The molecule has 0 saturated heterocycles. The molecule has 9 heteroatoms. The Morgan fingerprint density at radius 2 is 1.74 bits per heavy atom. The number of carbonyl (C=O) groups is 2. The Morgan fingerprint density at radius 1 is 1.11 bits per heavy atom. The summed E-state index contributed by atoms with van der Waals surface area (Å²) in [6.07, 6.45) is 0. The summed E-state index contributed by atoms with van der Waals surface area (Å²) < 4.78 is 13.1. The number of rotatable bonds is 7. The second kappa shape index (κ2) is 8.86. The Kier molecular flexibility index (Phi) is 6.56. The van der Waals surface area contributed by atoms with Crippen molar-refractivity contribution < 1.29 is 18.9 Å². The summed E-state index contributed by atoms with van der Waals surface area (Å²) in [7, 11) is 1.55. The molecule has 2 amide bonds. The first-order chi connectivity index (χ1) is 12.8. The topological polar surface area (TPSA) is 105 Å². The Morgan fingerprint density at radius 3 is 2.37 bits per heavy atom. The van der Waals surface area contributed by atoms with Gasteiger partial charge in [-0.25, -0.2) is 4.39 Å². The van der Waals surface area contributed by atoms with Crippen molar-refractivity contribution in [1.82, 2.24) is 4.90 Å². The number of likely N-dealkylation sites (N-methyl/N-ethyl adjacent to an activating group) is 1. The van der Waals surface area contributed by atoms with Crippen LogP contribution in [0.15, 0.2) is 42.5 Å². The minimum Gasteiger partial charge on any atom is -0.325 e. The van der Waals surface area contributed by atoms with Gasteiger partial charge in [0.05, 0.1) is 18.0 Å². The summed E-state index contributed by atoms with van der Waals surface area (Å²) in [5.74, 6) is -1.38. The maximum atomic E-state index is 13.1. The van der Waals surface area contributed by atoms with E-state index in [2.05, 4.69) is 10.6 Å².